The van der Waals surface area contributed by atoms with Crippen LogP contribution in [0.3, 0.4) is 0 Å². The number of aryl methyl sites for hydroxylation is 1. The zero-order valence-corrected chi connectivity index (χ0v) is 17.6. The number of allylic oxidation sites excluding steroid dienone is 2. The predicted octanol–water partition coefficient (Wildman–Crippen LogP) is 5.75. The third kappa shape index (κ3) is 8.32. The molecule has 0 amide bonds. The van der Waals surface area contributed by atoms with E-state index in [1.807, 2.05) is 19.1 Å². The van der Waals surface area contributed by atoms with E-state index >= 15 is 0 Å². The average molecular weight is 484 g/mol. The lowest BCUT2D eigenvalue weighted by Crippen LogP contribution is -2.13. The van der Waals surface area contributed by atoms with Gasteiger partial charge in [0.15, 0.2) is 5.78 Å². The van der Waals surface area contributed by atoms with Gasteiger partial charge in [-0.25, -0.2) is 0 Å². The van der Waals surface area contributed by atoms with Crippen molar-refractivity contribution in [2.45, 2.75) is 48.8 Å². The number of Topliss-reactive ketones (excluding diaryl/α,β-unsaturated/α-hetero) is 1. The minimum absolute atomic E-state index is 0.0235. The molecule has 24 heavy (non-hydrogen) atoms. The quantitative estimate of drug-likeness (QED) is 0.189. The number of carbonyl (C=O) groups excluding carboxylic acids is 1. The molecule has 0 aromatic heterocycles. The summed E-state index contributed by atoms with van der Waals surface area (Å²) in [4.78, 5) is 13.0. The summed E-state index contributed by atoms with van der Waals surface area (Å²) in [7, 11) is 0. The molecule has 2 nitrogen and oxygen atoms in total. The van der Waals surface area contributed by atoms with Crippen LogP contribution in [0.2, 0.25) is 0 Å². The average Bonchev–Trinajstić information content (AvgIpc) is 2.59. The van der Waals surface area contributed by atoms with Crippen molar-refractivity contribution >= 4 is 51.7 Å². The van der Waals surface area contributed by atoms with Gasteiger partial charge >= 0.3 is 0 Å². The van der Waals surface area contributed by atoms with E-state index in [2.05, 4.69) is 34.7 Å². The molecule has 0 spiro atoms. The molecule has 2 N–H and O–H groups in total. The summed E-state index contributed by atoms with van der Waals surface area (Å²) < 4.78 is 12.2. The third-order valence-corrected chi connectivity index (χ3v) is 5.99. The Balaban J connectivity index is 2.61. The molecule has 0 bridgehead atoms. The minimum Gasteiger partial charge on any atom is -0.320 e. The first-order valence-corrected chi connectivity index (χ1v) is 10.7. The molecule has 1 atom stereocenters. The number of hydrogen-bond acceptors (Lipinski definition) is 3. The lowest BCUT2D eigenvalue weighted by atomic mass is 10.1. The molecule has 0 saturated heterocycles. The molecule has 134 valence electrons. The number of ketones is 1. The summed E-state index contributed by atoms with van der Waals surface area (Å²) in [5, 5.41) is 0.346. The lowest BCUT2D eigenvalue weighted by molar-refractivity contribution is -0.115. The molecule has 1 aromatic carbocycles. The summed E-state index contributed by atoms with van der Waals surface area (Å²) in [6.07, 6.45) is 3.09. The monoisotopic (exact) mass is 483 g/mol. The molecule has 0 aliphatic rings. The predicted molar refractivity (Wildman–Crippen MR) is 111 cm³/mol. The fourth-order valence-corrected chi connectivity index (χ4v) is 3.78. The third-order valence-electron chi connectivity index (χ3n) is 3.49. The Morgan fingerprint density at radius 2 is 1.96 bits per heavy atom. The maximum absolute atomic E-state index is 12.2. The van der Waals surface area contributed by atoms with Crippen molar-refractivity contribution in [3.8, 4) is 0 Å². The molecule has 1 aromatic rings. The van der Waals surface area contributed by atoms with Crippen molar-refractivity contribution in [3.63, 3.8) is 0 Å². The normalized spacial score (nSPS) is 13.5. The molecule has 0 radical (unpaired) electrons. The Kier molecular flexibility index (Phi) is 11.2. The fraction of sp³-hybridized carbons (Fsp3) is 0.500. The van der Waals surface area contributed by atoms with Crippen LogP contribution < -0.4 is 5.73 Å². The van der Waals surface area contributed by atoms with Crippen LogP contribution in [0.4, 0.5) is 4.39 Å². The number of halogens is 3. The van der Waals surface area contributed by atoms with Gasteiger partial charge in [0.05, 0.1) is 15.8 Å². The summed E-state index contributed by atoms with van der Waals surface area (Å²) in [5.41, 5.74) is 7.99. The Bertz CT molecular complexity index is 548. The Labute approximate surface area is 166 Å². The Morgan fingerprint density at radius 3 is 2.50 bits per heavy atom. The Morgan fingerprint density at radius 1 is 1.33 bits per heavy atom. The van der Waals surface area contributed by atoms with Crippen LogP contribution in [0.5, 0.6) is 0 Å². The van der Waals surface area contributed by atoms with Crippen molar-refractivity contribution < 1.29 is 9.18 Å². The zero-order chi connectivity index (χ0) is 17.9. The number of hydrogen-bond donors (Lipinski definition) is 1. The Hall–Kier alpha value is -0.110. The van der Waals surface area contributed by atoms with Gasteiger partial charge in [0, 0.05) is 17.1 Å². The molecular formula is C18H24ClFINOS. The second kappa shape index (κ2) is 12.3. The standard InChI is InChI=1S/C18H24ClFINOS/c1-2-16(18(19)15(23)9-10-17(21)22)24-12-14-7-5-13(6-8-14)4-3-11-20/h5-8,17H,2-4,9-12,22H2,1H3/b18-16-. The minimum atomic E-state index is -0.281. The van der Waals surface area contributed by atoms with Gasteiger partial charge < -0.3 is 5.73 Å². The van der Waals surface area contributed by atoms with Crippen LogP contribution in [0.1, 0.15) is 43.7 Å². The molecule has 0 aliphatic heterocycles. The highest BCUT2D eigenvalue weighted by molar-refractivity contribution is 14.1. The van der Waals surface area contributed by atoms with Crippen LogP contribution in [-0.2, 0) is 17.0 Å². The molecule has 1 unspecified atom stereocenters. The van der Waals surface area contributed by atoms with Gasteiger partial charge in [0.2, 0.25) is 0 Å². The number of rotatable bonds is 11. The van der Waals surface area contributed by atoms with E-state index in [-0.39, 0.29) is 16.5 Å². The maximum Gasteiger partial charge on any atom is 0.175 e. The molecular weight excluding hydrogens is 460 g/mol. The van der Waals surface area contributed by atoms with Crippen molar-refractivity contribution in [1.29, 1.82) is 0 Å². The van der Waals surface area contributed by atoms with Gasteiger partial charge in [-0.15, -0.1) is 11.8 Å². The summed E-state index contributed by atoms with van der Waals surface area (Å²) in [6, 6.07) is 8.18. The van der Waals surface area contributed by atoms with Crippen molar-refractivity contribution in [1.82, 2.24) is 0 Å². The highest BCUT2D eigenvalue weighted by Gasteiger charge is 2.14. The van der Waals surface area contributed by atoms with Crippen LogP contribution in [0.25, 0.3) is 0 Å². The van der Waals surface area contributed by atoms with Gasteiger partial charge in [0.25, 0.3) is 0 Å². The number of benzene rings is 1. The van der Waals surface area contributed by atoms with E-state index in [9.17, 15) is 9.18 Å². The van der Waals surface area contributed by atoms with Gasteiger partial charge in [-0.2, -0.15) is 0 Å². The van der Waals surface area contributed by atoms with Crippen LogP contribution >= 0.6 is 46.0 Å². The van der Waals surface area contributed by atoms with Crippen LogP contribution in [-0.4, -0.2) is 16.5 Å². The number of alkyl halides is 2. The molecule has 6 heteroatoms. The van der Waals surface area contributed by atoms with E-state index in [4.69, 9.17) is 17.3 Å². The SMILES string of the molecule is CC/C(SCc1ccc(CCCF)cc1)=C(/Cl)C(=O)CCC(N)I. The number of thioether (sulfide) groups is 1. The van der Waals surface area contributed by atoms with Crippen molar-refractivity contribution in [3.05, 3.63) is 45.3 Å². The van der Waals surface area contributed by atoms with Gasteiger partial charge in [-0.05, 0) is 36.8 Å². The van der Waals surface area contributed by atoms with Crippen LogP contribution in [0.15, 0.2) is 34.2 Å². The highest BCUT2D eigenvalue weighted by atomic mass is 127. The second-order valence-electron chi connectivity index (χ2n) is 5.47. The highest BCUT2D eigenvalue weighted by Crippen LogP contribution is 2.30. The topological polar surface area (TPSA) is 43.1 Å². The maximum atomic E-state index is 12.2. The van der Waals surface area contributed by atoms with E-state index in [0.29, 0.717) is 24.3 Å². The summed E-state index contributed by atoms with van der Waals surface area (Å²) in [5.74, 6) is 0.733. The van der Waals surface area contributed by atoms with Gasteiger partial charge in [-0.1, -0.05) is 65.4 Å². The first-order chi connectivity index (χ1) is 11.5. The van der Waals surface area contributed by atoms with E-state index < -0.39 is 0 Å². The fourth-order valence-electron chi connectivity index (χ4n) is 2.10. The largest absolute Gasteiger partial charge is 0.320 e. The van der Waals surface area contributed by atoms with E-state index in [1.54, 1.807) is 11.8 Å². The second-order valence-corrected chi connectivity index (χ2v) is 8.51. The molecule has 0 saturated carbocycles. The molecule has 0 heterocycles. The van der Waals surface area contributed by atoms with Gasteiger partial charge in [0.1, 0.15) is 0 Å². The molecule has 1 rings (SSSR count). The smallest absolute Gasteiger partial charge is 0.175 e. The van der Waals surface area contributed by atoms with Crippen LogP contribution in [0, 0.1) is 0 Å². The number of nitrogens with two attached hydrogens (primary N) is 1. The van der Waals surface area contributed by atoms with E-state index in [1.165, 1.54) is 5.56 Å². The summed E-state index contributed by atoms with van der Waals surface area (Å²) >= 11 is 9.96. The lowest BCUT2D eigenvalue weighted by Gasteiger charge is -2.09. The van der Waals surface area contributed by atoms with Crippen molar-refractivity contribution in [2.24, 2.45) is 5.73 Å². The molecule has 0 fully saturated rings. The molecule has 0 aliphatic carbocycles. The first-order valence-electron chi connectivity index (χ1n) is 8.06. The first kappa shape index (κ1) is 21.9. The van der Waals surface area contributed by atoms with Crippen molar-refractivity contribution in [2.75, 3.05) is 6.67 Å². The van der Waals surface area contributed by atoms with E-state index in [0.717, 1.165) is 29.1 Å². The zero-order valence-electron chi connectivity index (χ0n) is 13.9. The number of carbonyl (C=O) groups is 1. The van der Waals surface area contributed by atoms with Gasteiger partial charge in [-0.3, -0.25) is 9.18 Å². The summed E-state index contributed by atoms with van der Waals surface area (Å²) in [6.45, 7) is 1.72.